The molecule has 4 aromatic rings. The van der Waals surface area contributed by atoms with Crippen LogP contribution >= 0.6 is 0 Å². The first kappa shape index (κ1) is 19.6. The summed E-state index contributed by atoms with van der Waals surface area (Å²) in [4.78, 5) is 3.27. The maximum atomic E-state index is 12.8. The topological polar surface area (TPSA) is 95.8 Å². The molecule has 0 N–H and O–H groups in total. The number of hydrogen-bond donors (Lipinski definition) is 0. The zero-order chi connectivity index (χ0) is 21.4. The average molecular weight is 435 g/mol. The lowest BCUT2D eigenvalue weighted by atomic mass is 10.3. The molecule has 0 fully saturated rings. The number of benzene rings is 1. The first-order chi connectivity index (χ1) is 14.2. The first-order valence-electron chi connectivity index (χ1n) is 8.36. The van der Waals surface area contributed by atoms with Gasteiger partial charge in [0.05, 0.1) is 10.6 Å². The molecule has 0 spiro atoms. The van der Waals surface area contributed by atoms with Crippen LogP contribution in [0.1, 0.15) is 17.3 Å². The van der Waals surface area contributed by atoms with Crippen LogP contribution < -0.4 is 0 Å². The van der Waals surface area contributed by atoms with Crippen molar-refractivity contribution in [3.63, 3.8) is 0 Å². The molecule has 8 nitrogen and oxygen atoms in total. The summed E-state index contributed by atoms with van der Waals surface area (Å²) in [5.41, 5.74) is 1.12. The van der Waals surface area contributed by atoms with Gasteiger partial charge in [0.2, 0.25) is 0 Å². The molecule has 12 heteroatoms. The highest BCUT2D eigenvalue weighted by Crippen LogP contribution is 2.27. The third kappa shape index (κ3) is 3.89. The second-order valence-corrected chi connectivity index (χ2v) is 7.86. The van der Waals surface area contributed by atoms with E-state index in [9.17, 15) is 21.6 Å². The van der Waals surface area contributed by atoms with Crippen LogP contribution in [0.5, 0.6) is 0 Å². The van der Waals surface area contributed by atoms with Gasteiger partial charge in [0.25, 0.3) is 10.0 Å². The van der Waals surface area contributed by atoms with Gasteiger partial charge < -0.3 is 4.52 Å². The van der Waals surface area contributed by atoms with E-state index in [1.165, 1.54) is 42.7 Å². The Hall–Kier alpha value is -3.67. The van der Waals surface area contributed by atoms with E-state index >= 15 is 0 Å². The van der Waals surface area contributed by atoms with E-state index in [1.807, 2.05) is 0 Å². The highest BCUT2D eigenvalue weighted by Gasteiger charge is 2.38. The van der Waals surface area contributed by atoms with Crippen LogP contribution in [-0.4, -0.2) is 32.3 Å². The summed E-state index contributed by atoms with van der Waals surface area (Å²) in [5, 5.41) is 7.28. The Labute approximate surface area is 167 Å². The van der Waals surface area contributed by atoms with Crippen LogP contribution in [0.4, 0.5) is 13.2 Å². The second kappa shape index (κ2) is 7.30. The van der Waals surface area contributed by atoms with Crippen molar-refractivity contribution in [3.8, 4) is 5.69 Å². The Morgan fingerprint density at radius 2 is 1.80 bits per heavy atom. The molecule has 3 heterocycles. The minimum atomic E-state index is -4.73. The summed E-state index contributed by atoms with van der Waals surface area (Å²) in [5.74, 6) is -1.74. The molecule has 154 valence electrons. The van der Waals surface area contributed by atoms with E-state index in [2.05, 4.69) is 19.8 Å². The van der Waals surface area contributed by atoms with Crippen molar-refractivity contribution >= 4 is 22.2 Å². The Morgan fingerprint density at radius 3 is 2.43 bits per heavy atom. The Bertz CT molecular complexity index is 1290. The molecule has 0 aliphatic rings. The first-order valence-corrected chi connectivity index (χ1v) is 9.80. The smallest absolute Gasteiger partial charge is 0.329 e. The molecule has 0 saturated carbocycles. The van der Waals surface area contributed by atoms with Gasteiger partial charge in [-0.1, -0.05) is 5.16 Å². The zero-order valence-corrected chi connectivity index (χ0v) is 15.7. The van der Waals surface area contributed by atoms with Crippen molar-refractivity contribution in [2.75, 3.05) is 0 Å². The molecule has 0 bridgehead atoms. The predicted octanol–water partition coefficient (Wildman–Crippen LogP) is 3.48. The summed E-state index contributed by atoms with van der Waals surface area (Å²) in [7, 11) is -3.85. The van der Waals surface area contributed by atoms with Gasteiger partial charge in [-0.15, -0.1) is 0 Å². The van der Waals surface area contributed by atoms with Crippen molar-refractivity contribution in [1.29, 1.82) is 0 Å². The minimum absolute atomic E-state index is 0.0672. The molecule has 0 amide bonds. The van der Waals surface area contributed by atoms with Crippen molar-refractivity contribution in [3.05, 3.63) is 78.5 Å². The van der Waals surface area contributed by atoms with E-state index in [0.717, 1.165) is 3.97 Å². The Morgan fingerprint density at radius 1 is 1.03 bits per heavy atom. The lowest BCUT2D eigenvalue weighted by molar-refractivity contribution is -0.159. The van der Waals surface area contributed by atoms with Gasteiger partial charge in [-0.3, -0.25) is 0 Å². The number of hydrogen-bond acceptors (Lipinski definition) is 6. The molecule has 0 radical (unpaired) electrons. The molecule has 30 heavy (non-hydrogen) atoms. The summed E-state index contributed by atoms with van der Waals surface area (Å²) in [6, 6.07) is 9.39. The van der Waals surface area contributed by atoms with E-state index in [0.29, 0.717) is 11.3 Å². The SMILES string of the molecule is O=S(=O)(c1ccc(-n2cccn2)cc1)n1ccc(C=Cc2noc(C(F)(F)F)n2)c1. The molecular weight excluding hydrogens is 423 g/mol. The van der Waals surface area contributed by atoms with E-state index in [-0.39, 0.29) is 10.7 Å². The standard InChI is InChI=1S/C18H12F3N5O3S/c19-18(20,21)17-23-16(24-29-17)7-2-13-8-11-25(12-13)30(27,28)15-5-3-14(4-6-15)26-10-1-9-22-26/h1-12H. The van der Waals surface area contributed by atoms with Gasteiger partial charge in [-0.2, -0.15) is 23.3 Å². The normalized spacial score (nSPS) is 12.6. The van der Waals surface area contributed by atoms with Crippen LogP contribution in [0.3, 0.4) is 0 Å². The highest BCUT2D eigenvalue weighted by atomic mass is 32.2. The highest BCUT2D eigenvalue weighted by molar-refractivity contribution is 7.90. The monoisotopic (exact) mass is 435 g/mol. The molecule has 4 rings (SSSR count). The predicted molar refractivity (Wildman–Crippen MR) is 98.8 cm³/mol. The Balaban J connectivity index is 1.53. The number of aromatic nitrogens is 5. The second-order valence-electron chi connectivity index (χ2n) is 6.01. The van der Waals surface area contributed by atoms with E-state index < -0.39 is 22.1 Å². The molecule has 0 aliphatic carbocycles. The summed E-state index contributed by atoms with van der Waals surface area (Å²) in [6.07, 6.45) is 3.81. The van der Waals surface area contributed by atoms with Crippen LogP contribution in [-0.2, 0) is 16.2 Å². The molecule has 1 aromatic carbocycles. The van der Waals surface area contributed by atoms with Crippen molar-refractivity contribution < 1.29 is 26.1 Å². The van der Waals surface area contributed by atoms with Gasteiger partial charge in [0, 0.05) is 24.8 Å². The van der Waals surface area contributed by atoms with Crippen LogP contribution in [0.2, 0.25) is 0 Å². The van der Waals surface area contributed by atoms with Gasteiger partial charge in [0.15, 0.2) is 5.82 Å². The van der Waals surface area contributed by atoms with Crippen molar-refractivity contribution in [2.24, 2.45) is 0 Å². The lowest BCUT2D eigenvalue weighted by Gasteiger charge is -2.07. The zero-order valence-electron chi connectivity index (χ0n) is 14.9. The van der Waals surface area contributed by atoms with Gasteiger partial charge >= 0.3 is 12.1 Å². The molecule has 0 unspecified atom stereocenters. The fraction of sp³-hybridized carbons (Fsp3) is 0.0556. The van der Waals surface area contributed by atoms with E-state index in [1.54, 1.807) is 35.3 Å². The average Bonchev–Trinajstić information content (AvgIpc) is 3.47. The fourth-order valence-corrected chi connectivity index (χ4v) is 3.75. The quantitative estimate of drug-likeness (QED) is 0.476. The number of rotatable bonds is 5. The van der Waals surface area contributed by atoms with Crippen molar-refractivity contribution in [2.45, 2.75) is 11.1 Å². The molecular formula is C18H12F3N5O3S. The molecule has 3 aromatic heterocycles. The molecule has 0 saturated heterocycles. The van der Waals surface area contributed by atoms with Gasteiger partial charge in [0.1, 0.15) is 0 Å². The summed E-state index contributed by atoms with van der Waals surface area (Å²) >= 11 is 0. The molecule has 0 atom stereocenters. The third-order valence-corrected chi connectivity index (χ3v) is 5.63. The number of alkyl halides is 3. The van der Waals surface area contributed by atoms with Crippen LogP contribution in [0.15, 0.2) is 70.6 Å². The van der Waals surface area contributed by atoms with Crippen LogP contribution in [0, 0.1) is 0 Å². The number of nitrogens with zero attached hydrogens (tertiary/aromatic N) is 5. The third-order valence-electron chi connectivity index (χ3n) is 3.98. The maximum absolute atomic E-state index is 12.8. The fourth-order valence-electron chi connectivity index (χ4n) is 2.54. The van der Waals surface area contributed by atoms with Gasteiger partial charge in [-0.25, -0.2) is 17.1 Å². The number of halogens is 3. The van der Waals surface area contributed by atoms with Crippen molar-refractivity contribution in [1.82, 2.24) is 23.9 Å². The summed E-state index contributed by atoms with van der Waals surface area (Å²) < 4.78 is 69.7. The Kier molecular flexibility index (Phi) is 4.78. The largest absolute Gasteiger partial charge is 0.471 e. The minimum Gasteiger partial charge on any atom is -0.329 e. The van der Waals surface area contributed by atoms with Gasteiger partial charge in [-0.05, 0) is 54.1 Å². The molecule has 0 aliphatic heterocycles. The maximum Gasteiger partial charge on any atom is 0.471 e. The lowest BCUT2D eigenvalue weighted by Crippen LogP contribution is -2.11. The van der Waals surface area contributed by atoms with Crippen LogP contribution in [0.25, 0.3) is 17.8 Å². The van der Waals surface area contributed by atoms with E-state index in [4.69, 9.17) is 0 Å². The summed E-state index contributed by atoms with van der Waals surface area (Å²) in [6.45, 7) is 0.